The smallest absolute Gasteiger partial charge is 0.248 e. The highest BCUT2D eigenvalue weighted by Gasteiger charge is 2.41. The number of ether oxygens (including phenoxy) is 1. The number of aryl methyl sites for hydroxylation is 1. The number of hydrogen-bond donors (Lipinski definition) is 2. The van der Waals surface area contributed by atoms with Gasteiger partial charge in [-0.2, -0.15) is 4.31 Å². The number of Topliss-reactive ketones (excluding diaryl/α,β-unsaturated/α-hetero) is 1. The van der Waals surface area contributed by atoms with Gasteiger partial charge >= 0.3 is 0 Å². The van der Waals surface area contributed by atoms with Gasteiger partial charge in [-0.15, -0.1) is 11.3 Å². The summed E-state index contributed by atoms with van der Waals surface area (Å²) >= 11 is 1.64. The number of fused-ring (bicyclic) bond motifs is 1. The predicted molar refractivity (Wildman–Crippen MR) is 185 cm³/mol. The van der Waals surface area contributed by atoms with Gasteiger partial charge in [-0.05, 0) is 87.8 Å². The SMILES string of the molecule is CCN/C=C(\N)CC[C@@H](c1cc(CN2C[C@@H](C)Oc3ncccc3S2(=O)=O)c(C)s1)C(C)(C)C(=O)C1=C(CC2=CCCC=C2)C=C1. The molecule has 10 heteroatoms. The maximum absolute atomic E-state index is 14.3. The van der Waals surface area contributed by atoms with Crippen LogP contribution in [0.25, 0.3) is 0 Å². The number of nitrogens with one attached hydrogen (secondary N) is 1. The van der Waals surface area contributed by atoms with Crippen molar-refractivity contribution in [1.29, 1.82) is 0 Å². The van der Waals surface area contributed by atoms with Gasteiger partial charge in [0, 0.05) is 57.8 Å². The first-order valence-corrected chi connectivity index (χ1v) is 18.4. The summed E-state index contributed by atoms with van der Waals surface area (Å²) in [4.78, 5) is 20.7. The van der Waals surface area contributed by atoms with E-state index in [1.54, 1.807) is 23.5 Å². The van der Waals surface area contributed by atoms with Crippen molar-refractivity contribution >= 4 is 27.1 Å². The highest BCUT2D eigenvalue weighted by molar-refractivity contribution is 7.89. The first-order valence-electron chi connectivity index (χ1n) is 16.1. The summed E-state index contributed by atoms with van der Waals surface area (Å²) in [6.07, 6.45) is 17.8. The lowest BCUT2D eigenvalue weighted by Crippen LogP contribution is -2.35. The lowest BCUT2D eigenvalue weighted by Gasteiger charge is -2.35. The Kier molecular flexibility index (Phi) is 10.4. The van der Waals surface area contributed by atoms with Crippen molar-refractivity contribution in [2.45, 2.75) is 90.2 Å². The molecule has 246 valence electrons. The van der Waals surface area contributed by atoms with Gasteiger partial charge in [0.1, 0.15) is 11.0 Å². The van der Waals surface area contributed by atoms with Crippen molar-refractivity contribution in [3.63, 3.8) is 0 Å². The standard InChI is InChI=1S/C36H46N4O4S2/c1-6-38-21-29(37)15-17-31(36(4,5)34(41)30-16-14-27(30)19-26-11-8-7-9-12-26)32-20-28(25(3)45-32)23-40-22-24(2)44-35-33(46(40,42)43)13-10-18-39-35/h8,10-14,16,18,20-21,24,31,38H,6-7,9,15,17,19,22-23,37H2,1-5H3/b29-21-/t24-,31+/m1/s1. The zero-order valence-electron chi connectivity index (χ0n) is 27.5. The molecule has 3 N–H and O–H groups in total. The molecule has 0 saturated heterocycles. The highest BCUT2D eigenvalue weighted by Crippen LogP contribution is 2.47. The molecule has 0 spiro atoms. The molecule has 2 aliphatic carbocycles. The molecule has 5 rings (SSSR count). The van der Waals surface area contributed by atoms with Crippen LogP contribution in [0.5, 0.6) is 5.88 Å². The average Bonchev–Trinajstić information content (AvgIpc) is 3.33. The van der Waals surface area contributed by atoms with Crippen LogP contribution >= 0.6 is 11.3 Å². The Hall–Kier alpha value is -3.47. The van der Waals surface area contributed by atoms with Crippen LogP contribution in [-0.2, 0) is 21.4 Å². The molecule has 0 amide bonds. The van der Waals surface area contributed by atoms with Crippen LogP contribution in [0.3, 0.4) is 0 Å². The number of rotatable bonds is 13. The second kappa shape index (κ2) is 14.1. The van der Waals surface area contributed by atoms with Crippen LogP contribution in [0.4, 0.5) is 0 Å². The Morgan fingerprint density at radius 3 is 2.78 bits per heavy atom. The quantitative estimate of drug-likeness (QED) is 0.242. The molecule has 3 heterocycles. The molecule has 1 aliphatic heterocycles. The Balaban J connectivity index is 1.45. The second-order valence-electron chi connectivity index (χ2n) is 12.9. The van der Waals surface area contributed by atoms with E-state index >= 15 is 0 Å². The fraction of sp³-hybridized carbons (Fsp3) is 0.444. The number of sulfonamides is 1. The van der Waals surface area contributed by atoms with Crippen LogP contribution in [-0.4, -0.2) is 42.7 Å². The lowest BCUT2D eigenvalue weighted by molar-refractivity contribution is -0.124. The first-order chi connectivity index (χ1) is 21.9. The van der Waals surface area contributed by atoms with E-state index in [1.165, 1.54) is 16.1 Å². The molecule has 2 aromatic rings. The van der Waals surface area contributed by atoms with Gasteiger partial charge in [-0.1, -0.05) is 44.2 Å². The molecule has 2 aromatic heterocycles. The van der Waals surface area contributed by atoms with Crippen molar-refractivity contribution in [1.82, 2.24) is 14.6 Å². The first kappa shape index (κ1) is 33.9. The normalized spacial score (nSPS) is 20.3. The number of thiophene rings is 1. The summed E-state index contributed by atoms with van der Waals surface area (Å²) in [6.45, 7) is 11.2. The minimum Gasteiger partial charge on any atom is -0.472 e. The Morgan fingerprint density at radius 2 is 2.09 bits per heavy atom. The Labute approximate surface area is 277 Å². The third kappa shape index (κ3) is 7.24. The highest BCUT2D eigenvalue weighted by atomic mass is 32.2. The van der Waals surface area contributed by atoms with Crippen LogP contribution in [0.1, 0.15) is 81.0 Å². The maximum Gasteiger partial charge on any atom is 0.248 e. The molecule has 0 unspecified atom stereocenters. The van der Waals surface area contributed by atoms with Crippen LogP contribution in [0, 0.1) is 12.3 Å². The number of aromatic nitrogens is 1. The van der Waals surface area contributed by atoms with E-state index in [9.17, 15) is 13.2 Å². The Bertz CT molecular complexity index is 1730. The molecule has 0 bridgehead atoms. The molecule has 0 saturated carbocycles. The largest absolute Gasteiger partial charge is 0.472 e. The van der Waals surface area contributed by atoms with Crippen LogP contribution < -0.4 is 15.8 Å². The fourth-order valence-electron chi connectivity index (χ4n) is 6.29. The van der Waals surface area contributed by atoms with Crippen molar-refractivity contribution in [3.8, 4) is 5.88 Å². The van der Waals surface area contributed by atoms with Crippen molar-refractivity contribution in [2.75, 3.05) is 13.1 Å². The third-order valence-electron chi connectivity index (χ3n) is 9.04. The number of carbonyl (C=O) groups excluding carboxylic acids is 1. The minimum atomic E-state index is -3.83. The molecule has 3 aliphatic rings. The molecular formula is C36H46N4O4S2. The number of pyridine rings is 1. The van der Waals surface area contributed by atoms with E-state index in [0.717, 1.165) is 58.0 Å². The number of allylic oxidation sites excluding steroid dienone is 9. The molecule has 0 radical (unpaired) electrons. The van der Waals surface area contributed by atoms with Gasteiger partial charge in [0.05, 0.1) is 6.54 Å². The summed E-state index contributed by atoms with van der Waals surface area (Å²) in [7, 11) is -3.83. The van der Waals surface area contributed by atoms with Crippen molar-refractivity contribution in [2.24, 2.45) is 11.1 Å². The van der Waals surface area contributed by atoms with Crippen molar-refractivity contribution < 1.29 is 17.9 Å². The van der Waals surface area contributed by atoms with Gasteiger partial charge in [-0.25, -0.2) is 13.4 Å². The van der Waals surface area contributed by atoms with Gasteiger partial charge in [0.2, 0.25) is 15.9 Å². The monoisotopic (exact) mass is 662 g/mol. The molecular weight excluding hydrogens is 617 g/mol. The summed E-state index contributed by atoms with van der Waals surface area (Å²) in [6, 6.07) is 5.26. The van der Waals surface area contributed by atoms with E-state index in [0.29, 0.717) is 12.8 Å². The molecule has 8 nitrogen and oxygen atoms in total. The van der Waals surface area contributed by atoms with Crippen LogP contribution in [0.15, 0.2) is 88.3 Å². The Morgan fingerprint density at radius 1 is 1.28 bits per heavy atom. The molecule has 0 fully saturated rings. The fourth-order valence-corrected chi connectivity index (χ4v) is 9.21. The lowest BCUT2D eigenvalue weighted by atomic mass is 9.68. The number of nitrogens with two attached hydrogens (primary N) is 1. The number of ketones is 1. The van der Waals surface area contributed by atoms with E-state index in [4.69, 9.17) is 10.5 Å². The third-order valence-corrected chi connectivity index (χ3v) is 12.1. The summed E-state index contributed by atoms with van der Waals surface area (Å²) in [5.74, 6) is 0.135. The number of carbonyl (C=O) groups is 1. The predicted octanol–water partition coefficient (Wildman–Crippen LogP) is 6.82. The molecule has 46 heavy (non-hydrogen) atoms. The van der Waals surface area contributed by atoms with E-state index in [-0.39, 0.29) is 41.7 Å². The summed E-state index contributed by atoms with van der Waals surface area (Å²) < 4.78 is 34.9. The van der Waals surface area contributed by atoms with E-state index < -0.39 is 15.4 Å². The maximum atomic E-state index is 14.3. The van der Waals surface area contributed by atoms with Gasteiger partial charge in [0.25, 0.3) is 0 Å². The van der Waals surface area contributed by atoms with E-state index in [1.807, 2.05) is 46.9 Å². The minimum absolute atomic E-state index is 0.0807. The summed E-state index contributed by atoms with van der Waals surface area (Å²) in [5.41, 5.74) is 10.5. The van der Waals surface area contributed by atoms with Crippen LogP contribution in [0.2, 0.25) is 0 Å². The second-order valence-corrected chi connectivity index (χ2v) is 16.1. The topological polar surface area (TPSA) is 115 Å². The zero-order valence-corrected chi connectivity index (χ0v) is 29.1. The summed E-state index contributed by atoms with van der Waals surface area (Å²) in [5, 5.41) is 3.18. The van der Waals surface area contributed by atoms with Gasteiger partial charge < -0.3 is 15.8 Å². The zero-order chi connectivity index (χ0) is 33.1. The average molecular weight is 663 g/mol. The van der Waals surface area contributed by atoms with Gasteiger partial charge in [-0.3, -0.25) is 4.79 Å². The molecule has 2 atom stereocenters. The number of hydrogen-bond acceptors (Lipinski definition) is 8. The van der Waals surface area contributed by atoms with E-state index in [2.05, 4.69) is 40.7 Å². The number of nitrogens with zero attached hydrogens (tertiary/aromatic N) is 2. The van der Waals surface area contributed by atoms with Crippen molar-refractivity contribution in [3.05, 3.63) is 98.7 Å². The van der Waals surface area contributed by atoms with Gasteiger partial charge in [0.15, 0.2) is 5.78 Å². The molecule has 0 aromatic carbocycles.